The first-order chi connectivity index (χ1) is 10.4. The summed E-state index contributed by atoms with van der Waals surface area (Å²) in [6.45, 7) is 7.09. The van der Waals surface area contributed by atoms with Gasteiger partial charge in [0.05, 0.1) is 0 Å². The second-order valence-corrected chi connectivity index (χ2v) is 7.05. The van der Waals surface area contributed by atoms with Crippen LogP contribution < -0.4 is 10.2 Å². The van der Waals surface area contributed by atoms with Crippen molar-refractivity contribution < 1.29 is 9.53 Å². The number of amides is 1. The van der Waals surface area contributed by atoms with E-state index in [0.29, 0.717) is 6.54 Å². The van der Waals surface area contributed by atoms with E-state index in [1.165, 1.54) is 11.8 Å². The lowest BCUT2D eigenvalue weighted by Crippen LogP contribution is -2.42. The second kappa shape index (κ2) is 7.17. The molecule has 7 heteroatoms. The Labute approximate surface area is 136 Å². The molecule has 1 atom stereocenters. The van der Waals surface area contributed by atoms with Crippen LogP contribution in [0.25, 0.3) is 0 Å². The smallest absolute Gasteiger partial charge is 0.407 e. The van der Waals surface area contributed by atoms with Crippen molar-refractivity contribution in [3.05, 3.63) is 12.3 Å². The number of rotatable bonds is 4. The highest BCUT2D eigenvalue weighted by molar-refractivity contribution is 7.98. The molecule has 1 fully saturated rings. The van der Waals surface area contributed by atoms with Gasteiger partial charge in [0.25, 0.3) is 0 Å². The minimum Gasteiger partial charge on any atom is -0.444 e. The van der Waals surface area contributed by atoms with Crippen molar-refractivity contribution >= 4 is 23.7 Å². The Balaban J connectivity index is 1.94. The first-order valence-electron chi connectivity index (χ1n) is 7.49. The fourth-order valence-corrected chi connectivity index (χ4v) is 2.81. The third-order valence-corrected chi connectivity index (χ3v) is 3.92. The molecule has 1 aromatic heterocycles. The highest BCUT2D eigenvalue weighted by Gasteiger charge is 2.27. The van der Waals surface area contributed by atoms with Gasteiger partial charge in [0.2, 0.25) is 0 Å². The van der Waals surface area contributed by atoms with Crippen molar-refractivity contribution in [2.75, 3.05) is 24.2 Å². The number of nitrogens with zero attached hydrogens (tertiary/aromatic N) is 3. The Morgan fingerprint density at radius 2 is 2.32 bits per heavy atom. The first-order valence-corrected chi connectivity index (χ1v) is 8.72. The molecule has 0 unspecified atom stereocenters. The Morgan fingerprint density at radius 1 is 1.55 bits per heavy atom. The van der Waals surface area contributed by atoms with Gasteiger partial charge in [-0.2, -0.15) is 0 Å². The molecule has 22 heavy (non-hydrogen) atoms. The molecule has 122 valence electrons. The maximum atomic E-state index is 11.8. The number of hydrogen-bond acceptors (Lipinski definition) is 6. The fraction of sp³-hybridized carbons (Fsp3) is 0.667. The van der Waals surface area contributed by atoms with Gasteiger partial charge in [-0.25, -0.2) is 14.8 Å². The zero-order chi connectivity index (χ0) is 16.2. The van der Waals surface area contributed by atoms with E-state index in [2.05, 4.69) is 20.2 Å². The van der Waals surface area contributed by atoms with Crippen LogP contribution >= 0.6 is 11.8 Å². The van der Waals surface area contributed by atoms with Crippen molar-refractivity contribution in [2.45, 2.75) is 50.4 Å². The molecule has 2 rings (SSSR count). The van der Waals surface area contributed by atoms with Crippen LogP contribution in [0.15, 0.2) is 17.4 Å². The molecule has 1 N–H and O–H groups in total. The summed E-state index contributed by atoms with van der Waals surface area (Å²) in [4.78, 5) is 22.8. The largest absolute Gasteiger partial charge is 0.444 e. The van der Waals surface area contributed by atoms with Crippen LogP contribution in [0, 0.1) is 0 Å². The molecule has 0 spiro atoms. The van der Waals surface area contributed by atoms with Gasteiger partial charge in [0.1, 0.15) is 11.4 Å². The van der Waals surface area contributed by atoms with Crippen molar-refractivity contribution in [1.82, 2.24) is 15.3 Å². The summed E-state index contributed by atoms with van der Waals surface area (Å²) in [5.41, 5.74) is -0.473. The van der Waals surface area contributed by atoms with Gasteiger partial charge in [0.15, 0.2) is 5.16 Å². The molecule has 0 saturated carbocycles. The summed E-state index contributed by atoms with van der Waals surface area (Å²) in [6, 6.07) is 2.17. The number of hydrogen-bond donors (Lipinski definition) is 1. The molecule has 0 aliphatic carbocycles. The molecule has 0 radical (unpaired) electrons. The van der Waals surface area contributed by atoms with Gasteiger partial charge in [-0.15, -0.1) is 0 Å². The number of nitrogens with one attached hydrogen (secondary N) is 1. The first kappa shape index (κ1) is 16.9. The predicted molar refractivity (Wildman–Crippen MR) is 88.4 cm³/mol. The lowest BCUT2D eigenvalue weighted by Gasteiger charge is -2.27. The third kappa shape index (κ3) is 4.76. The maximum Gasteiger partial charge on any atom is 0.407 e. The molecule has 1 saturated heterocycles. The summed E-state index contributed by atoms with van der Waals surface area (Å²) < 4.78 is 5.28. The van der Waals surface area contributed by atoms with Crippen molar-refractivity contribution in [3.63, 3.8) is 0 Å². The highest BCUT2D eigenvalue weighted by atomic mass is 32.2. The minimum absolute atomic E-state index is 0.247. The third-order valence-electron chi connectivity index (χ3n) is 3.35. The Morgan fingerprint density at radius 3 is 3.00 bits per heavy atom. The molecular formula is C15H24N4O2S. The van der Waals surface area contributed by atoms with E-state index in [4.69, 9.17) is 4.74 Å². The molecule has 1 aliphatic rings. The van der Waals surface area contributed by atoms with E-state index in [0.717, 1.165) is 30.4 Å². The predicted octanol–water partition coefficient (Wildman–Crippen LogP) is 2.69. The zero-order valence-electron chi connectivity index (χ0n) is 13.6. The molecule has 1 amide bonds. The summed E-state index contributed by atoms with van der Waals surface area (Å²) in [5, 5.41) is 3.62. The van der Waals surface area contributed by atoms with Gasteiger partial charge in [-0.1, -0.05) is 11.8 Å². The van der Waals surface area contributed by atoms with Gasteiger partial charge in [-0.3, -0.25) is 0 Å². The number of aromatic nitrogens is 2. The minimum atomic E-state index is -0.473. The normalized spacial score (nSPS) is 18.4. The van der Waals surface area contributed by atoms with Gasteiger partial charge in [0, 0.05) is 25.3 Å². The summed E-state index contributed by atoms with van der Waals surface area (Å²) in [6.07, 6.45) is 5.51. The Bertz CT molecular complexity index is 519. The van der Waals surface area contributed by atoms with Gasteiger partial charge < -0.3 is 15.0 Å². The molecule has 1 aromatic rings. The summed E-state index contributed by atoms with van der Waals surface area (Å²) in [5.74, 6) is 0.924. The SMILES string of the molecule is CSc1nccc(N2CCC[C@H]2CNC(=O)OC(C)(C)C)n1. The second-order valence-electron chi connectivity index (χ2n) is 6.27. The lowest BCUT2D eigenvalue weighted by atomic mass is 10.2. The van der Waals surface area contributed by atoms with Crippen LogP contribution in [0.3, 0.4) is 0 Å². The van der Waals surface area contributed by atoms with E-state index < -0.39 is 5.60 Å². The quantitative estimate of drug-likeness (QED) is 0.678. The van der Waals surface area contributed by atoms with Crippen LogP contribution in [0.4, 0.5) is 10.6 Å². The van der Waals surface area contributed by atoms with E-state index in [9.17, 15) is 4.79 Å². The summed E-state index contributed by atoms with van der Waals surface area (Å²) >= 11 is 1.53. The zero-order valence-corrected chi connectivity index (χ0v) is 14.4. The topological polar surface area (TPSA) is 67.4 Å². The van der Waals surface area contributed by atoms with Crippen LogP contribution in [-0.2, 0) is 4.74 Å². The van der Waals surface area contributed by atoms with Crippen LogP contribution in [0.2, 0.25) is 0 Å². The molecular weight excluding hydrogens is 300 g/mol. The number of carbonyl (C=O) groups is 1. The standard InChI is InChI=1S/C15H24N4O2S/c1-15(2,3)21-14(20)17-10-11-6-5-9-19(11)12-7-8-16-13(18-12)22-4/h7-8,11H,5-6,9-10H2,1-4H3,(H,17,20)/t11-/m0/s1. The fourth-order valence-electron chi connectivity index (χ4n) is 2.45. The van der Waals surface area contributed by atoms with Crippen LogP contribution in [-0.4, -0.2) is 47.0 Å². The van der Waals surface area contributed by atoms with E-state index in [1.54, 1.807) is 6.20 Å². The average Bonchev–Trinajstić information content (AvgIpc) is 2.92. The number of thioether (sulfide) groups is 1. The molecule has 2 heterocycles. The average molecular weight is 324 g/mol. The van der Waals surface area contributed by atoms with Crippen molar-refractivity contribution in [1.29, 1.82) is 0 Å². The lowest BCUT2D eigenvalue weighted by molar-refractivity contribution is 0.0525. The number of alkyl carbamates (subject to hydrolysis) is 1. The van der Waals surface area contributed by atoms with Crippen molar-refractivity contribution in [3.8, 4) is 0 Å². The Hall–Kier alpha value is -1.50. The highest BCUT2D eigenvalue weighted by Crippen LogP contribution is 2.24. The molecule has 0 bridgehead atoms. The molecule has 0 aromatic carbocycles. The molecule has 1 aliphatic heterocycles. The van der Waals surface area contributed by atoms with Crippen LogP contribution in [0.1, 0.15) is 33.6 Å². The van der Waals surface area contributed by atoms with Crippen molar-refractivity contribution in [2.24, 2.45) is 0 Å². The number of carbonyl (C=O) groups excluding carboxylic acids is 1. The number of ether oxygens (including phenoxy) is 1. The van der Waals surface area contributed by atoms with Gasteiger partial charge >= 0.3 is 6.09 Å². The van der Waals surface area contributed by atoms with Crippen LogP contribution in [0.5, 0.6) is 0 Å². The Kier molecular flexibility index (Phi) is 5.50. The van der Waals surface area contributed by atoms with E-state index >= 15 is 0 Å². The molecule has 6 nitrogen and oxygen atoms in total. The monoisotopic (exact) mass is 324 g/mol. The van der Waals surface area contributed by atoms with E-state index in [-0.39, 0.29) is 12.1 Å². The van der Waals surface area contributed by atoms with Gasteiger partial charge in [-0.05, 0) is 45.9 Å². The number of anilines is 1. The van der Waals surface area contributed by atoms with E-state index in [1.807, 2.05) is 33.1 Å². The maximum absolute atomic E-state index is 11.8. The summed E-state index contributed by atoms with van der Waals surface area (Å²) in [7, 11) is 0.